The van der Waals surface area contributed by atoms with Crippen LogP contribution in [0.15, 0.2) is 23.3 Å². The van der Waals surface area contributed by atoms with Gasteiger partial charge >= 0.3 is 0 Å². The minimum absolute atomic E-state index is 0.0125. The van der Waals surface area contributed by atoms with Gasteiger partial charge in [-0.05, 0) is 91.9 Å². The van der Waals surface area contributed by atoms with E-state index in [1.165, 1.54) is 0 Å². The van der Waals surface area contributed by atoms with Crippen molar-refractivity contribution >= 4 is 21.6 Å². The third-order valence-electron chi connectivity index (χ3n) is 13.2. The Balaban J connectivity index is 1.50. The number of nitriles is 1. The molecule has 218 valence electrons. The molecule has 0 amide bonds. The summed E-state index contributed by atoms with van der Waals surface area (Å²) in [5.41, 5.74) is -1.15. The molecule has 6 aliphatic rings. The molecule has 0 aromatic carbocycles. The molecule has 0 heterocycles. The van der Waals surface area contributed by atoms with E-state index in [4.69, 9.17) is 0 Å². The lowest BCUT2D eigenvalue weighted by Gasteiger charge is -2.69. The molecule has 1 N–H and O–H groups in total. The molecule has 6 nitrogen and oxygen atoms in total. The van der Waals surface area contributed by atoms with Crippen LogP contribution in [0.4, 0.5) is 0 Å². The van der Waals surface area contributed by atoms with Gasteiger partial charge in [-0.15, -0.1) is 0 Å². The van der Waals surface area contributed by atoms with Crippen molar-refractivity contribution in [3.8, 4) is 6.07 Å². The number of allylic oxidation sites excluding steroid dienone is 4. The summed E-state index contributed by atoms with van der Waals surface area (Å²) in [6.07, 6.45) is 11.0. The summed E-state index contributed by atoms with van der Waals surface area (Å²) in [6.45, 7) is 15.2. The van der Waals surface area contributed by atoms with E-state index in [1.54, 1.807) is 0 Å². The van der Waals surface area contributed by atoms with E-state index in [-0.39, 0.29) is 56.4 Å². The van der Waals surface area contributed by atoms with Crippen molar-refractivity contribution in [2.24, 2.45) is 44.8 Å². The zero-order valence-electron chi connectivity index (χ0n) is 25.3. The summed E-state index contributed by atoms with van der Waals surface area (Å²) in [6, 6.07) is 2.17. The first-order valence-corrected chi connectivity index (χ1v) is 16.9. The number of rotatable bonds is 3. The van der Waals surface area contributed by atoms with Crippen molar-refractivity contribution in [2.75, 3.05) is 0 Å². The van der Waals surface area contributed by atoms with Crippen LogP contribution in [0.2, 0.25) is 0 Å². The molecular formula is C33H46N2O4S. The van der Waals surface area contributed by atoms with Gasteiger partial charge in [-0.3, -0.25) is 9.59 Å². The van der Waals surface area contributed by atoms with Gasteiger partial charge in [0, 0.05) is 22.3 Å². The molecule has 0 aromatic heterocycles. The van der Waals surface area contributed by atoms with Crippen molar-refractivity contribution in [1.29, 1.82) is 5.26 Å². The number of carbonyl (C=O) groups excluding carboxylic acids is 2. The summed E-state index contributed by atoms with van der Waals surface area (Å²) in [5, 5.41) is 9.62. The first kappa shape index (κ1) is 28.3. The average molecular weight is 567 g/mol. The Hall–Kier alpha value is -1.78. The van der Waals surface area contributed by atoms with E-state index in [9.17, 15) is 23.3 Å². The van der Waals surface area contributed by atoms with Crippen molar-refractivity contribution in [1.82, 2.24) is 4.72 Å². The highest BCUT2D eigenvalue weighted by Gasteiger charge is 2.70. The molecule has 0 aliphatic heterocycles. The van der Waals surface area contributed by atoms with E-state index >= 15 is 0 Å². The van der Waals surface area contributed by atoms with Crippen molar-refractivity contribution < 1.29 is 18.0 Å². The second kappa shape index (κ2) is 8.19. The first-order valence-electron chi connectivity index (χ1n) is 15.3. The van der Waals surface area contributed by atoms with E-state index in [2.05, 4.69) is 45.4 Å². The predicted octanol–water partition coefficient (Wildman–Crippen LogP) is 6.04. The van der Waals surface area contributed by atoms with Gasteiger partial charge in [-0.2, -0.15) is 5.26 Å². The maximum Gasteiger partial charge on any atom is 0.214 e. The summed E-state index contributed by atoms with van der Waals surface area (Å²) in [7, 11) is -3.42. The lowest BCUT2D eigenvalue weighted by molar-refractivity contribution is -0.159. The molecule has 7 heteroatoms. The maximum absolute atomic E-state index is 14.5. The molecule has 0 bridgehead atoms. The molecule has 6 rings (SSSR count). The fraction of sp³-hybridized carbons (Fsp3) is 0.788. The van der Waals surface area contributed by atoms with E-state index in [0.29, 0.717) is 0 Å². The highest BCUT2D eigenvalue weighted by Crippen LogP contribution is 2.73. The summed E-state index contributed by atoms with van der Waals surface area (Å²) in [5.74, 6) is -0.308. The summed E-state index contributed by atoms with van der Waals surface area (Å²) in [4.78, 5) is 27.8. The molecule has 0 saturated heterocycles. The molecular weight excluding hydrogens is 520 g/mol. The monoisotopic (exact) mass is 566 g/mol. The highest BCUT2D eigenvalue weighted by molar-refractivity contribution is 7.90. The number of hydrogen-bond acceptors (Lipinski definition) is 5. The fourth-order valence-corrected chi connectivity index (χ4v) is 12.4. The van der Waals surface area contributed by atoms with Crippen LogP contribution in [0.3, 0.4) is 0 Å². The minimum Gasteiger partial charge on any atom is -0.295 e. The number of sulfonamides is 1. The van der Waals surface area contributed by atoms with Crippen LogP contribution in [-0.4, -0.2) is 30.8 Å². The average Bonchev–Trinajstić information content (AvgIpc) is 3.70. The van der Waals surface area contributed by atoms with Crippen LogP contribution in [0.1, 0.15) is 106 Å². The molecule has 4 saturated carbocycles. The van der Waals surface area contributed by atoms with Gasteiger partial charge in [0.25, 0.3) is 0 Å². The van der Waals surface area contributed by atoms with Crippen LogP contribution < -0.4 is 4.72 Å². The Morgan fingerprint density at radius 1 is 0.925 bits per heavy atom. The van der Waals surface area contributed by atoms with E-state index < -0.39 is 26.4 Å². The Kier molecular flexibility index (Phi) is 5.80. The standard InChI is InChI=1S/C33H46N2O4S/c1-28(2)12-14-33(35-40(38,39)21-8-9-21)15-13-32(7)26(22(33)18-28)23(36)16-25-30(5)17-20(19-34)27(37)29(3,4)24(30)10-11-31(25,32)6/h16-17,21-22,24,26,35H,8-15,18H2,1-7H3/t22-,24+,26+,30+,31-,32-,33+/m1/s1. The second-order valence-electron chi connectivity index (χ2n) is 16.3. The second-order valence-corrected chi connectivity index (χ2v) is 18.2. The molecule has 6 aliphatic carbocycles. The van der Waals surface area contributed by atoms with Crippen molar-refractivity contribution in [2.45, 2.75) is 117 Å². The van der Waals surface area contributed by atoms with Gasteiger partial charge in [0.05, 0.1) is 10.8 Å². The molecule has 0 radical (unpaired) electrons. The minimum atomic E-state index is -3.42. The normalized spacial score (nSPS) is 45.6. The number of ketones is 2. The van der Waals surface area contributed by atoms with Crippen LogP contribution in [0, 0.1) is 56.2 Å². The number of carbonyl (C=O) groups is 2. The van der Waals surface area contributed by atoms with Gasteiger partial charge in [0.15, 0.2) is 11.6 Å². The largest absolute Gasteiger partial charge is 0.295 e. The molecule has 4 fully saturated rings. The number of fused-ring (bicyclic) bond motifs is 7. The molecule has 40 heavy (non-hydrogen) atoms. The Labute approximate surface area is 240 Å². The first-order chi connectivity index (χ1) is 18.4. The SMILES string of the molecule is CC1(C)CC[C@]2(NS(=O)(=O)C3CC3)CC[C@]3(C)[C@H](C(=O)C=C4[C@@]5(C)C=C(C#N)C(=O)C(C)(C)[C@@H]5CC[C@]43C)[C@H]2C1. The summed E-state index contributed by atoms with van der Waals surface area (Å²) < 4.78 is 30.0. The summed E-state index contributed by atoms with van der Waals surface area (Å²) >= 11 is 0. The third-order valence-corrected chi connectivity index (χ3v) is 15.2. The number of Topliss-reactive ketones (excluding diaryl/α,β-unsaturated/α-hetero) is 1. The molecule has 0 aromatic rings. The van der Waals surface area contributed by atoms with Crippen LogP contribution >= 0.6 is 0 Å². The third kappa shape index (κ3) is 3.57. The topological polar surface area (TPSA) is 104 Å². The molecule has 0 unspecified atom stereocenters. The predicted molar refractivity (Wildman–Crippen MR) is 154 cm³/mol. The zero-order chi connectivity index (χ0) is 29.3. The van der Waals surface area contributed by atoms with Gasteiger partial charge < -0.3 is 0 Å². The van der Waals surface area contributed by atoms with Gasteiger partial charge in [-0.1, -0.05) is 60.1 Å². The fourth-order valence-electron chi connectivity index (χ4n) is 10.6. The smallest absolute Gasteiger partial charge is 0.214 e. The Bertz CT molecular complexity index is 1410. The maximum atomic E-state index is 14.5. The van der Waals surface area contributed by atoms with Crippen LogP contribution in [0.25, 0.3) is 0 Å². The van der Waals surface area contributed by atoms with Gasteiger partial charge in [0.1, 0.15) is 6.07 Å². The van der Waals surface area contributed by atoms with Crippen molar-refractivity contribution in [3.05, 3.63) is 23.3 Å². The number of nitrogens with zero attached hydrogens (tertiary/aromatic N) is 1. The zero-order valence-corrected chi connectivity index (χ0v) is 26.1. The quantitative estimate of drug-likeness (QED) is 0.449. The lowest BCUT2D eigenvalue weighted by atomic mass is 9.35. The van der Waals surface area contributed by atoms with E-state index in [1.807, 2.05) is 26.0 Å². The van der Waals surface area contributed by atoms with E-state index in [0.717, 1.165) is 63.4 Å². The van der Waals surface area contributed by atoms with Gasteiger partial charge in [0.2, 0.25) is 10.0 Å². The van der Waals surface area contributed by atoms with Crippen LogP contribution in [-0.2, 0) is 19.6 Å². The number of nitrogens with one attached hydrogen (secondary N) is 1. The Morgan fingerprint density at radius 3 is 2.20 bits per heavy atom. The lowest BCUT2D eigenvalue weighted by Crippen LogP contribution is -2.69. The number of hydrogen-bond donors (Lipinski definition) is 1. The Morgan fingerprint density at radius 2 is 1.57 bits per heavy atom. The molecule has 7 atom stereocenters. The van der Waals surface area contributed by atoms with Crippen molar-refractivity contribution in [3.63, 3.8) is 0 Å². The van der Waals surface area contributed by atoms with Gasteiger partial charge in [-0.25, -0.2) is 13.1 Å². The van der Waals surface area contributed by atoms with Crippen LogP contribution in [0.5, 0.6) is 0 Å². The molecule has 0 spiro atoms. The highest BCUT2D eigenvalue weighted by atomic mass is 32.2.